The van der Waals surface area contributed by atoms with Gasteiger partial charge in [-0.05, 0) is 30.4 Å². The van der Waals surface area contributed by atoms with E-state index in [1.807, 2.05) is 0 Å². The largest absolute Gasteiger partial charge is 0.371 e. The molecule has 0 spiro atoms. The van der Waals surface area contributed by atoms with Gasteiger partial charge in [-0.1, -0.05) is 36.4 Å². The number of rotatable bonds is 0. The number of benzene rings is 3. The first-order chi connectivity index (χ1) is 17.0. The van der Waals surface area contributed by atoms with Crippen molar-refractivity contribution < 1.29 is 19.2 Å². The van der Waals surface area contributed by atoms with Crippen LogP contribution >= 0.6 is 12.6 Å². The molecular formula is C28H14N2O4S. The lowest BCUT2D eigenvalue weighted by Crippen LogP contribution is -2.41. The highest BCUT2D eigenvalue weighted by Gasteiger charge is 2.42. The third-order valence-electron chi connectivity index (χ3n) is 6.91. The van der Waals surface area contributed by atoms with Crippen LogP contribution in [0.25, 0.3) is 0 Å². The van der Waals surface area contributed by atoms with Crippen LogP contribution in [0.5, 0.6) is 0 Å². The van der Waals surface area contributed by atoms with Crippen LogP contribution in [0, 0.1) is 0 Å². The summed E-state index contributed by atoms with van der Waals surface area (Å²) in [7, 11) is 0. The maximum absolute atomic E-state index is 13.5. The van der Waals surface area contributed by atoms with Gasteiger partial charge in [-0.25, -0.2) is 4.99 Å². The molecule has 7 rings (SSSR count). The van der Waals surface area contributed by atoms with Gasteiger partial charge in [0.25, 0.3) is 0 Å². The summed E-state index contributed by atoms with van der Waals surface area (Å²) in [6, 6.07) is 14.4. The summed E-state index contributed by atoms with van der Waals surface area (Å²) in [6.45, 7) is 0. The fourth-order valence-corrected chi connectivity index (χ4v) is 5.60. The molecule has 1 heterocycles. The van der Waals surface area contributed by atoms with Crippen LogP contribution in [0.4, 0.5) is 11.4 Å². The molecule has 0 radical (unpaired) electrons. The molecule has 3 aliphatic carbocycles. The van der Waals surface area contributed by atoms with Crippen LogP contribution < -0.4 is 5.32 Å². The lowest BCUT2D eigenvalue weighted by Gasteiger charge is -2.34. The number of nitrogens with zero attached hydrogens (tertiary/aromatic N) is 1. The van der Waals surface area contributed by atoms with Gasteiger partial charge in [0.2, 0.25) is 0 Å². The van der Waals surface area contributed by atoms with Crippen LogP contribution in [-0.2, 0) is 0 Å². The summed E-state index contributed by atoms with van der Waals surface area (Å²) in [5.41, 5.74) is 3.88. The Balaban J connectivity index is 1.39. The third-order valence-corrected chi connectivity index (χ3v) is 7.28. The van der Waals surface area contributed by atoms with E-state index < -0.39 is 6.04 Å². The van der Waals surface area contributed by atoms with E-state index in [9.17, 15) is 19.2 Å². The smallest absolute Gasteiger partial charge is 0.196 e. The van der Waals surface area contributed by atoms with Gasteiger partial charge < -0.3 is 5.32 Å². The summed E-state index contributed by atoms with van der Waals surface area (Å²) in [4.78, 5) is 58.5. The van der Waals surface area contributed by atoms with E-state index in [4.69, 9.17) is 4.99 Å². The van der Waals surface area contributed by atoms with E-state index in [1.165, 1.54) is 0 Å². The molecule has 166 valence electrons. The van der Waals surface area contributed by atoms with Gasteiger partial charge in [0.05, 0.1) is 28.7 Å². The third kappa shape index (κ3) is 2.53. The Morgan fingerprint density at radius 2 is 1.37 bits per heavy atom. The number of fused-ring (bicyclic) bond motifs is 7. The van der Waals surface area contributed by atoms with E-state index in [0.29, 0.717) is 55.4 Å². The van der Waals surface area contributed by atoms with E-state index >= 15 is 0 Å². The lowest BCUT2D eigenvalue weighted by atomic mass is 9.76. The predicted octanol–water partition coefficient (Wildman–Crippen LogP) is 4.56. The second-order valence-corrected chi connectivity index (χ2v) is 9.20. The topological polar surface area (TPSA) is 92.7 Å². The number of carbonyl (C=O) groups is 4. The first-order valence-corrected chi connectivity index (χ1v) is 11.4. The van der Waals surface area contributed by atoms with Gasteiger partial charge in [-0.15, -0.1) is 12.6 Å². The SMILES string of the molecule is O=C1C2=C(C(=O)c3ccccc31)C1Nc3ccc4c(c3N=C1C=C2)C(=O)c1cccc(S)c1C4=O. The molecule has 0 saturated heterocycles. The van der Waals surface area contributed by atoms with Gasteiger partial charge in [0.1, 0.15) is 0 Å². The second-order valence-electron chi connectivity index (χ2n) is 8.72. The molecule has 3 aromatic carbocycles. The minimum atomic E-state index is -0.643. The van der Waals surface area contributed by atoms with Crippen LogP contribution in [0.15, 0.2) is 87.8 Å². The average molecular weight is 474 g/mol. The number of allylic oxidation sites excluding steroid dienone is 2. The maximum Gasteiger partial charge on any atom is 0.196 e. The number of aliphatic imine (C=N–C) groups is 1. The molecule has 1 aliphatic heterocycles. The van der Waals surface area contributed by atoms with Crippen molar-refractivity contribution in [3.63, 3.8) is 0 Å². The number of hydrogen-bond acceptors (Lipinski definition) is 7. The van der Waals surface area contributed by atoms with Crippen LogP contribution in [0.1, 0.15) is 52.6 Å². The zero-order chi connectivity index (χ0) is 24.0. The predicted molar refractivity (Wildman–Crippen MR) is 133 cm³/mol. The molecule has 1 unspecified atom stereocenters. The molecule has 4 aliphatic rings. The fraction of sp³-hybridized carbons (Fsp3) is 0.0357. The van der Waals surface area contributed by atoms with Gasteiger partial charge in [-0.2, -0.15) is 0 Å². The highest BCUT2D eigenvalue weighted by Crippen LogP contribution is 2.44. The maximum atomic E-state index is 13.5. The van der Waals surface area contributed by atoms with Crippen molar-refractivity contribution in [2.24, 2.45) is 4.99 Å². The zero-order valence-corrected chi connectivity index (χ0v) is 18.9. The summed E-state index contributed by atoms with van der Waals surface area (Å²) >= 11 is 4.38. The van der Waals surface area contributed by atoms with Crippen molar-refractivity contribution in [3.8, 4) is 0 Å². The number of hydrogen-bond donors (Lipinski definition) is 2. The summed E-state index contributed by atoms with van der Waals surface area (Å²) in [5.74, 6) is -1.01. The quantitative estimate of drug-likeness (QED) is 0.365. The van der Waals surface area contributed by atoms with Crippen LogP contribution in [0.2, 0.25) is 0 Å². The van der Waals surface area contributed by atoms with Crippen molar-refractivity contribution in [3.05, 3.63) is 111 Å². The molecule has 7 heteroatoms. The zero-order valence-electron chi connectivity index (χ0n) is 18.0. The standard InChI is InChI=1S/C28H14N2O4S/c31-25-12-4-1-2-5-13(12)26(32)21-15(25)8-10-17-23(21)29-18-11-9-16-22(24(18)30-17)28(34)14-6-3-7-19(35)20(14)27(16)33/h1-11,23,29,35H. The molecule has 3 aromatic rings. The molecule has 1 atom stereocenters. The summed E-state index contributed by atoms with van der Waals surface area (Å²) in [6.07, 6.45) is 3.30. The van der Waals surface area contributed by atoms with E-state index in [-0.39, 0.29) is 34.3 Å². The number of carbonyl (C=O) groups excluding carboxylic acids is 4. The lowest BCUT2D eigenvalue weighted by molar-refractivity contribution is 0.0975. The Kier molecular flexibility index (Phi) is 3.92. The molecule has 1 N–H and O–H groups in total. The minimum Gasteiger partial charge on any atom is -0.371 e. The first-order valence-electron chi connectivity index (χ1n) is 11.0. The molecular weight excluding hydrogens is 460 g/mol. The van der Waals surface area contributed by atoms with Crippen LogP contribution in [-0.4, -0.2) is 34.9 Å². The van der Waals surface area contributed by atoms with Crippen molar-refractivity contribution >= 4 is 52.8 Å². The van der Waals surface area contributed by atoms with Crippen molar-refractivity contribution in [1.82, 2.24) is 0 Å². The molecule has 6 nitrogen and oxygen atoms in total. The normalized spacial score (nSPS) is 19.1. The molecule has 0 fully saturated rings. The molecule has 0 bridgehead atoms. The Labute approximate surface area is 204 Å². The van der Waals surface area contributed by atoms with Gasteiger partial charge in [-0.3, -0.25) is 19.2 Å². The van der Waals surface area contributed by atoms with Crippen LogP contribution in [0.3, 0.4) is 0 Å². The minimum absolute atomic E-state index is 0.205. The number of ketones is 4. The van der Waals surface area contributed by atoms with Gasteiger partial charge >= 0.3 is 0 Å². The molecule has 0 saturated carbocycles. The van der Waals surface area contributed by atoms with Crippen molar-refractivity contribution in [1.29, 1.82) is 0 Å². The first kappa shape index (κ1) is 20.1. The Morgan fingerprint density at radius 1 is 0.686 bits per heavy atom. The fourth-order valence-electron chi connectivity index (χ4n) is 5.29. The van der Waals surface area contributed by atoms with Crippen molar-refractivity contribution in [2.45, 2.75) is 10.9 Å². The highest BCUT2D eigenvalue weighted by atomic mass is 32.1. The number of nitrogens with one attached hydrogen (secondary N) is 1. The number of thiol groups is 1. The summed E-state index contributed by atoms with van der Waals surface area (Å²) < 4.78 is 0. The second kappa shape index (κ2) is 6.84. The number of anilines is 1. The molecule has 0 aromatic heterocycles. The van der Waals surface area contributed by atoms with Crippen molar-refractivity contribution in [2.75, 3.05) is 5.32 Å². The Morgan fingerprint density at radius 3 is 2.17 bits per heavy atom. The van der Waals surface area contributed by atoms with E-state index in [2.05, 4.69) is 17.9 Å². The van der Waals surface area contributed by atoms with E-state index in [1.54, 1.807) is 66.7 Å². The monoisotopic (exact) mass is 474 g/mol. The highest BCUT2D eigenvalue weighted by molar-refractivity contribution is 7.80. The average Bonchev–Trinajstić information content (AvgIpc) is 2.88. The molecule has 0 amide bonds. The molecule has 35 heavy (non-hydrogen) atoms. The van der Waals surface area contributed by atoms with E-state index in [0.717, 1.165) is 0 Å². The summed E-state index contributed by atoms with van der Waals surface area (Å²) in [5, 5.41) is 3.31. The number of Topliss-reactive ketones (excluding diaryl/α,β-unsaturated/α-hetero) is 2. The Hall–Kier alpha value is -4.36. The Bertz CT molecular complexity index is 1710. The van der Waals surface area contributed by atoms with Gasteiger partial charge in [0.15, 0.2) is 23.1 Å². The van der Waals surface area contributed by atoms with Gasteiger partial charge in [0, 0.05) is 43.9 Å².